The molecule has 1 aromatic carbocycles. The van der Waals surface area contributed by atoms with E-state index in [-0.39, 0.29) is 12.5 Å². The number of aliphatic hydroxyl groups is 1. The van der Waals surface area contributed by atoms with Gasteiger partial charge in [0.1, 0.15) is 11.5 Å². The molecule has 2 rings (SSSR count). The van der Waals surface area contributed by atoms with Crippen LogP contribution in [-0.2, 0) is 20.8 Å². The summed E-state index contributed by atoms with van der Waals surface area (Å²) >= 11 is 0. The van der Waals surface area contributed by atoms with Crippen molar-refractivity contribution >= 4 is 17.7 Å². The molecule has 7 nitrogen and oxygen atoms in total. The zero-order chi connectivity index (χ0) is 19.0. The number of benzene rings is 1. The molecule has 0 aliphatic heterocycles. The van der Waals surface area contributed by atoms with Crippen molar-refractivity contribution in [2.75, 3.05) is 13.2 Å². The first kappa shape index (κ1) is 19.9. The Balaban J connectivity index is 2.13. The van der Waals surface area contributed by atoms with Gasteiger partial charge in [-0.3, -0.25) is 14.4 Å². The maximum absolute atomic E-state index is 12.8. The minimum Gasteiger partial charge on any atom is -0.396 e. The van der Waals surface area contributed by atoms with E-state index < -0.39 is 23.3 Å². The van der Waals surface area contributed by atoms with E-state index >= 15 is 0 Å². The highest BCUT2D eigenvalue weighted by molar-refractivity contribution is 6.05. The van der Waals surface area contributed by atoms with Crippen molar-refractivity contribution in [1.29, 1.82) is 0 Å². The van der Waals surface area contributed by atoms with Gasteiger partial charge in [0.2, 0.25) is 17.7 Å². The molecule has 1 saturated carbocycles. The van der Waals surface area contributed by atoms with E-state index in [1.807, 2.05) is 30.3 Å². The summed E-state index contributed by atoms with van der Waals surface area (Å²) in [5.41, 5.74) is 5.18. The summed E-state index contributed by atoms with van der Waals surface area (Å²) in [6.07, 6.45) is 3.11. The number of aliphatic hydroxyl groups excluding tert-OH is 1. The highest BCUT2D eigenvalue weighted by Gasteiger charge is 2.47. The van der Waals surface area contributed by atoms with Crippen LogP contribution in [0.4, 0.5) is 0 Å². The molecule has 0 heterocycles. The lowest BCUT2D eigenvalue weighted by Crippen LogP contribution is -2.55. The Bertz CT molecular complexity index is 627. The molecule has 26 heavy (non-hydrogen) atoms. The number of carbonyl (C=O) groups is 3. The van der Waals surface area contributed by atoms with Crippen LogP contribution in [0, 0.1) is 5.41 Å². The molecule has 0 radical (unpaired) electrons. The average Bonchev–Trinajstić information content (AvgIpc) is 3.13. The standard InChI is InChI=1S/C19H27N3O4/c20-17(25)19(9-4-5-10-19)18(26)22-15(16(24)21-11-6-12-23)13-14-7-2-1-3-8-14/h1-3,7-8,15,23H,4-6,9-13H2,(H2,20,25)(H,21,24)(H,22,26)/t15-/m1/s1. The summed E-state index contributed by atoms with van der Waals surface area (Å²) in [4.78, 5) is 37.3. The summed E-state index contributed by atoms with van der Waals surface area (Å²) in [6, 6.07) is 8.54. The normalized spacial score (nSPS) is 16.7. The molecule has 0 spiro atoms. The molecule has 1 fully saturated rings. The van der Waals surface area contributed by atoms with Gasteiger partial charge >= 0.3 is 0 Å². The van der Waals surface area contributed by atoms with Crippen molar-refractivity contribution < 1.29 is 19.5 Å². The summed E-state index contributed by atoms with van der Waals surface area (Å²) in [5.74, 6) is -1.44. The van der Waals surface area contributed by atoms with Gasteiger partial charge in [0.05, 0.1) is 0 Å². The maximum atomic E-state index is 12.8. The first-order valence-corrected chi connectivity index (χ1v) is 9.03. The molecule has 0 saturated heterocycles. The van der Waals surface area contributed by atoms with Crippen molar-refractivity contribution in [2.24, 2.45) is 11.1 Å². The van der Waals surface area contributed by atoms with Crippen LogP contribution in [0.2, 0.25) is 0 Å². The molecule has 0 unspecified atom stereocenters. The van der Waals surface area contributed by atoms with Gasteiger partial charge in [-0.1, -0.05) is 43.2 Å². The second-order valence-electron chi connectivity index (χ2n) is 6.74. The van der Waals surface area contributed by atoms with Crippen LogP contribution in [0.1, 0.15) is 37.7 Å². The third kappa shape index (κ3) is 4.82. The van der Waals surface area contributed by atoms with E-state index in [0.29, 0.717) is 32.2 Å². The molecule has 1 aromatic rings. The van der Waals surface area contributed by atoms with Gasteiger partial charge < -0.3 is 21.5 Å². The summed E-state index contributed by atoms with van der Waals surface area (Å²) in [7, 11) is 0. The highest BCUT2D eigenvalue weighted by Crippen LogP contribution is 2.38. The van der Waals surface area contributed by atoms with Gasteiger partial charge in [-0.2, -0.15) is 0 Å². The number of carbonyl (C=O) groups excluding carboxylic acids is 3. The second kappa shape index (κ2) is 9.33. The number of nitrogens with two attached hydrogens (primary N) is 1. The molecule has 3 amide bonds. The lowest BCUT2D eigenvalue weighted by atomic mass is 9.84. The monoisotopic (exact) mass is 361 g/mol. The predicted octanol–water partition coefficient (Wildman–Crippen LogP) is 0.258. The Kier molecular flexibility index (Phi) is 7.15. The van der Waals surface area contributed by atoms with E-state index in [9.17, 15) is 14.4 Å². The van der Waals surface area contributed by atoms with Crippen LogP contribution < -0.4 is 16.4 Å². The third-order valence-corrected chi connectivity index (χ3v) is 4.90. The Hall–Kier alpha value is -2.41. The number of rotatable bonds is 9. The molecule has 7 heteroatoms. The highest BCUT2D eigenvalue weighted by atomic mass is 16.3. The van der Waals surface area contributed by atoms with Crippen molar-refractivity contribution in [3.8, 4) is 0 Å². The Morgan fingerprint density at radius 3 is 2.38 bits per heavy atom. The Morgan fingerprint density at radius 2 is 1.81 bits per heavy atom. The van der Waals surface area contributed by atoms with Gasteiger partial charge in [-0.25, -0.2) is 0 Å². The number of hydrogen-bond donors (Lipinski definition) is 4. The summed E-state index contributed by atoms with van der Waals surface area (Å²) < 4.78 is 0. The Labute approximate surface area is 153 Å². The SMILES string of the molecule is NC(=O)C1(C(=O)N[C@H](Cc2ccccc2)C(=O)NCCCO)CCCC1. The molecule has 5 N–H and O–H groups in total. The van der Waals surface area contributed by atoms with Gasteiger partial charge in [0, 0.05) is 19.6 Å². The quantitative estimate of drug-likeness (QED) is 0.372. The minimum atomic E-state index is -1.22. The Morgan fingerprint density at radius 1 is 1.15 bits per heavy atom. The van der Waals surface area contributed by atoms with Gasteiger partial charge in [-0.15, -0.1) is 0 Å². The molecule has 1 aliphatic carbocycles. The first-order chi connectivity index (χ1) is 12.5. The van der Waals surface area contributed by atoms with Crippen LogP contribution in [0.15, 0.2) is 30.3 Å². The third-order valence-electron chi connectivity index (χ3n) is 4.90. The number of amides is 3. The van der Waals surface area contributed by atoms with E-state index in [0.717, 1.165) is 18.4 Å². The van der Waals surface area contributed by atoms with Crippen molar-refractivity contribution in [1.82, 2.24) is 10.6 Å². The fourth-order valence-corrected chi connectivity index (χ4v) is 3.33. The van der Waals surface area contributed by atoms with Crippen LogP contribution in [-0.4, -0.2) is 42.0 Å². The lowest BCUT2D eigenvalue weighted by Gasteiger charge is -2.27. The summed E-state index contributed by atoms with van der Waals surface area (Å²) in [5, 5.41) is 14.3. The van der Waals surface area contributed by atoms with Crippen LogP contribution in [0.25, 0.3) is 0 Å². The molecule has 142 valence electrons. The fourth-order valence-electron chi connectivity index (χ4n) is 3.33. The summed E-state index contributed by atoms with van der Waals surface area (Å²) in [6.45, 7) is 0.290. The minimum absolute atomic E-state index is 0.0270. The van der Waals surface area contributed by atoms with Crippen molar-refractivity contribution in [3.05, 3.63) is 35.9 Å². The fraction of sp³-hybridized carbons (Fsp3) is 0.526. The second-order valence-corrected chi connectivity index (χ2v) is 6.74. The molecular weight excluding hydrogens is 334 g/mol. The lowest BCUT2D eigenvalue weighted by molar-refractivity contribution is -0.143. The first-order valence-electron chi connectivity index (χ1n) is 9.03. The average molecular weight is 361 g/mol. The number of hydrogen-bond acceptors (Lipinski definition) is 4. The van der Waals surface area contributed by atoms with Crippen molar-refractivity contribution in [2.45, 2.75) is 44.6 Å². The topological polar surface area (TPSA) is 122 Å². The van der Waals surface area contributed by atoms with Gasteiger partial charge in [0.15, 0.2) is 0 Å². The zero-order valence-corrected chi connectivity index (χ0v) is 14.9. The molecular formula is C19H27N3O4. The smallest absolute Gasteiger partial charge is 0.242 e. The molecule has 1 aliphatic rings. The van der Waals surface area contributed by atoms with Crippen LogP contribution in [0.5, 0.6) is 0 Å². The number of nitrogens with one attached hydrogen (secondary N) is 2. The van der Waals surface area contributed by atoms with E-state index in [2.05, 4.69) is 10.6 Å². The molecule has 1 atom stereocenters. The van der Waals surface area contributed by atoms with E-state index in [1.54, 1.807) is 0 Å². The van der Waals surface area contributed by atoms with Crippen LogP contribution >= 0.6 is 0 Å². The zero-order valence-electron chi connectivity index (χ0n) is 14.9. The number of primary amides is 1. The maximum Gasteiger partial charge on any atom is 0.242 e. The van der Waals surface area contributed by atoms with Gasteiger partial charge in [-0.05, 0) is 24.8 Å². The van der Waals surface area contributed by atoms with E-state index in [4.69, 9.17) is 10.8 Å². The van der Waals surface area contributed by atoms with Crippen molar-refractivity contribution in [3.63, 3.8) is 0 Å². The van der Waals surface area contributed by atoms with Crippen LogP contribution in [0.3, 0.4) is 0 Å². The molecule has 0 bridgehead atoms. The van der Waals surface area contributed by atoms with E-state index in [1.165, 1.54) is 0 Å². The molecule has 0 aromatic heterocycles. The predicted molar refractivity (Wildman–Crippen MR) is 96.9 cm³/mol. The van der Waals surface area contributed by atoms with Gasteiger partial charge in [0.25, 0.3) is 0 Å². The largest absolute Gasteiger partial charge is 0.396 e.